The van der Waals surface area contributed by atoms with Crippen LogP contribution in [0.3, 0.4) is 0 Å². The number of nitrogens with one attached hydrogen (secondary N) is 1. The quantitative estimate of drug-likeness (QED) is 0.761. The highest BCUT2D eigenvalue weighted by atomic mass is 35.5. The second-order valence-corrected chi connectivity index (χ2v) is 6.43. The number of hydrogen-bond acceptors (Lipinski definition) is 3. The van der Waals surface area contributed by atoms with Crippen molar-refractivity contribution >= 4 is 17.7 Å². The van der Waals surface area contributed by atoms with E-state index < -0.39 is 5.60 Å². The van der Waals surface area contributed by atoms with Gasteiger partial charge in [-0.15, -0.1) is 0 Å². The van der Waals surface area contributed by atoms with Crippen LogP contribution in [0.15, 0.2) is 18.3 Å². The van der Waals surface area contributed by atoms with Crippen LogP contribution in [-0.2, 0) is 11.2 Å². The fourth-order valence-electron chi connectivity index (χ4n) is 1.88. The second kappa shape index (κ2) is 8.88. The van der Waals surface area contributed by atoms with E-state index >= 15 is 0 Å². The van der Waals surface area contributed by atoms with E-state index in [0.717, 1.165) is 42.8 Å². The minimum Gasteiger partial charge on any atom is -0.444 e. The van der Waals surface area contributed by atoms with Crippen LogP contribution in [0, 0.1) is 0 Å². The Hall–Kier alpha value is -1.29. The Labute approximate surface area is 132 Å². The number of carbonyl (C=O) groups excluding carboxylic acids is 1. The molecule has 1 rings (SSSR count). The number of hydrogen-bond donors (Lipinski definition) is 1. The van der Waals surface area contributed by atoms with Gasteiger partial charge in [0.15, 0.2) is 0 Å². The number of halogens is 1. The summed E-state index contributed by atoms with van der Waals surface area (Å²) in [6.07, 6.45) is 6.51. The summed E-state index contributed by atoms with van der Waals surface area (Å²) in [6.45, 7) is 6.22. The molecular formula is C16H25ClN2O2. The lowest BCUT2D eigenvalue weighted by Gasteiger charge is -2.19. The summed E-state index contributed by atoms with van der Waals surface area (Å²) >= 11 is 6.05. The van der Waals surface area contributed by atoms with E-state index in [0.29, 0.717) is 6.54 Å². The molecule has 0 atom stereocenters. The van der Waals surface area contributed by atoms with Crippen molar-refractivity contribution in [3.05, 3.63) is 29.0 Å². The lowest BCUT2D eigenvalue weighted by atomic mass is 10.1. The van der Waals surface area contributed by atoms with Crippen LogP contribution in [0.4, 0.5) is 4.79 Å². The van der Waals surface area contributed by atoms with Crippen molar-refractivity contribution in [1.82, 2.24) is 10.3 Å². The minimum atomic E-state index is -0.438. The molecule has 1 N–H and O–H groups in total. The molecule has 0 aliphatic heterocycles. The third-order valence-electron chi connectivity index (χ3n) is 2.84. The summed E-state index contributed by atoms with van der Waals surface area (Å²) in [6, 6.07) is 3.71. The molecule has 0 saturated carbocycles. The molecule has 21 heavy (non-hydrogen) atoms. The Bertz CT molecular complexity index is 444. The van der Waals surface area contributed by atoms with Gasteiger partial charge in [0.05, 0.1) is 10.7 Å². The van der Waals surface area contributed by atoms with Crippen molar-refractivity contribution in [3.8, 4) is 0 Å². The summed E-state index contributed by atoms with van der Waals surface area (Å²) in [5.41, 5.74) is 0.525. The van der Waals surface area contributed by atoms with Gasteiger partial charge >= 0.3 is 6.09 Å². The predicted octanol–water partition coefficient (Wildman–Crippen LogP) is 4.36. The third-order valence-corrected chi connectivity index (χ3v) is 3.19. The maximum Gasteiger partial charge on any atom is 0.407 e. The first-order valence-corrected chi connectivity index (χ1v) is 7.82. The van der Waals surface area contributed by atoms with E-state index in [1.165, 1.54) is 0 Å². The predicted molar refractivity (Wildman–Crippen MR) is 85.7 cm³/mol. The zero-order valence-electron chi connectivity index (χ0n) is 13.1. The summed E-state index contributed by atoms with van der Waals surface area (Å²) < 4.78 is 5.16. The molecule has 0 fully saturated rings. The Kier molecular flexibility index (Phi) is 7.51. The van der Waals surface area contributed by atoms with E-state index in [9.17, 15) is 4.79 Å². The SMILES string of the molecule is CC(C)(C)OC(=O)NCCCCCCc1ncccc1Cl. The lowest BCUT2D eigenvalue weighted by Crippen LogP contribution is -2.32. The fraction of sp³-hybridized carbons (Fsp3) is 0.625. The van der Waals surface area contributed by atoms with E-state index in [1.807, 2.05) is 32.9 Å². The van der Waals surface area contributed by atoms with Crippen molar-refractivity contribution < 1.29 is 9.53 Å². The van der Waals surface area contributed by atoms with Crippen molar-refractivity contribution in [1.29, 1.82) is 0 Å². The molecule has 1 heterocycles. The summed E-state index contributed by atoms with van der Waals surface area (Å²) in [7, 11) is 0. The van der Waals surface area contributed by atoms with E-state index in [4.69, 9.17) is 16.3 Å². The van der Waals surface area contributed by atoms with Gasteiger partial charge in [0.2, 0.25) is 0 Å². The van der Waals surface area contributed by atoms with E-state index in [2.05, 4.69) is 10.3 Å². The highest BCUT2D eigenvalue weighted by Crippen LogP contribution is 2.15. The average Bonchev–Trinajstić information content (AvgIpc) is 2.37. The van der Waals surface area contributed by atoms with Gasteiger partial charge in [-0.25, -0.2) is 4.79 Å². The molecule has 1 amide bonds. The fourth-order valence-corrected chi connectivity index (χ4v) is 2.09. The van der Waals surface area contributed by atoms with Crippen molar-refractivity contribution in [3.63, 3.8) is 0 Å². The molecule has 4 nitrogen and oxygen atoms in total. The Morgan fingerprint density at radius 1 is 1.29 bits per heavy atom. The normalized spacial score (nSPS) is 11.2. The van der Waals surface area contributed by atoms with Gasteiger partial charge in [-0.2, -0.15) is 0 Å². The zero-order chi connectivity index (χ0) is 15.7. The molecule has 118 valence electrons. The standard InChI is InChI=1S/C16H25ClN2O2/c1-16(2,3)21-15(20)19-11-7-5-4-6-10-14-13(17)9-8-12-18-14/h8-9,12H,4-7,10-11H2,1-3H3,(H,19,20). The number of amides is 1. The number of aromatic nitrogens is 1. The number of carbonyl (C=O) groups is 1. The molecule has 0 unspecified atom stereocenters. The highest BCUT2D eigenvalue weighted by Gasteiger charge is 2.15. The largest absolute Gasteiger partial charge is 0.444 e. The zero-order valence-corrected chi connectivity index (χ0v) is 13.9. The molecule has 0 radical (unpaired) electrons. The number of rotatable bonds is 7. The molecular weight excluding hydrogens is 288 g/mol. The number of aryl methyl sites for hydroxylation is 1. The molecule has 0 saturated heterocycles. The Morgan fingerprint density at radius 3 is 2.67 bits per heavy atom. The molecule has 0 spiro atoms. The van der Waals surface area contributed by atoms with Crippen LogP contribution in [-0.4, -0.2) is 23.2 Å². The van der Waals surface area contributed by atoms with Gasteiger partial charge in [-0.3, -0.25) is 4.98 Å². The topological polar surface area (TPSA) is 51.2 Å². The van der Waals surface area contributed by atoms with Gasteiger partial charge in [0.1, 0.15) is 5.60 Å². The van der Waals surface area contributed by atoms with Crippen LogP contribution < -0.4 is 5.32 Å². The van der Waals surface area contributed by atoms with Crippen molar-refractivity contribution in [2.24, 2.45) is 0 Å². The van der Waals surface area contributed by atoms with Gasteiger partial charge in [0, 0.05) is 12.7 Å². The maximum atomic E-state index is 11.4. The molecule has 5 heteroatoms. The van der Waals surface area contributed by atoms with Crippen LogP contribution in [0.5, 0.6) is 0 Å². The minimum absolute atomic E-state index is 0.345. The van der Waals surface area contributed by atoms with Crippen LogP contribution in [0.25, 0.3) is 0 Å². The Balaban J connectivity index is 2.03. The van der Waals surface area contributed by atoms with Gasteiger partial charge in [-0.05, 0) is 52.2 Å². The molecule has 0 bridgehead atoms. The van der Waals surface area contributed by atoms with E-state index in [1.54, 1.807) is 6.20 Å². The third kappa shape index (κ3) is 8.56. The Morgan fingerprint density at radius 2 is 2.00 bits per heavy atom. The second-order valence-electron chi connectivity index (χ2n) is 6.02. The molecule has 1 aromatic rings. The summed E-state index contributed by atoms with van der Waals surface area (Å²) in [5, 5.41) is 3.50. The number of unbranched alkanes of at least 4 members (excludes halogenated alkanes) is 3. The highest BCUT2D eigenvalue weighted by molar-refractivity contribution is 6.31. The number of pyridine rings is 1. The first-order chi connectivity index (χ1) is 9.88. The van der Waals surface area contributed by atoms with Crippen molar-refractivity contribution in [2.45, 2.75) is 58.5 Å². The first kappa shape index (κ1) is 17.8. The summed E-state index contributed by atoms with van der Waals surface area (Å²) in [4.78, 5) is 15.7. The van der Waals surface area contributed by atoms with Crippen molar-refractivity contribution in [2.75, 3.05) is 6.54 Å². The average molecular weight is 313 g/mol. The molecule has 1 aromatic heterocycles. The maximum absolute atomic E-state index is 11.4. The van der Waals surface area contributed by atoms with E-state index in [-0.39, 0.29) is 6.09 Å². The monoisotopic (exact) mass is 312 g/mol. The first-order valence-electron chi connectivity index (χ1n) is 7.45. The number of ether oxygens (including phenoxy) is 1. The number of alkyl carbamates (subject to hydrolysis) is 1. The molecule has 0 aromatic carbocycles. The number of nitrogens with zero attached hydrogens (tertiary/aromatic N) is 1. The molecule has 0 aliphatic carbocycles. The lowest BCUT2D eigenvalue weighted by molar-refractivity contribution is 0.0527. The van der Waals surface area contributed by atoms with Crippen LogP contribution in [0.1, 0.15) is 52.1 Å². The van der Waals surface area contributed by atoms with Gasteiger partial charge < -0.3 is 10.1 Å². The smallest absolute Gasteiger partial charge is 0.407 e. The van der Waals surface area contributed by atoms with Gasteiger partial charge in [0.25, 0.3) is 0 Å². The van der Waals surface area contributed by atoms with Gasteiger partial charge in [-0.1, -0.05) is 24.4 Å². The summed E-state index contributed by atoms with van der Waals surface area (Å²) in [5.74, 6) is 0. The molecule has 0 aliphatic rings. The van der Waals surface area contributed by atoms with Crippen LogP contribution in [0.2, 0.25) is 5.02 Å². The van der Waals surface area contributed by atoms with Crippen LogP contribution >= 0.6 is 11.6 Å².